The molecular weight excluding hydrogens is 342 g/mol. The lowest BCUT2D eigenvalue weighted by Crippen LogP contribution is -2.31. The molecule has 7 nitrogen and oxygen atoms in total. The molecule has 2 aromatic rings. The van der Waals surface area contributed by atoms with E-state index in [0.29, 0.717) is 30.4 Å². The average Bonchev–Trinajstić information content (AvgIpc) is 2.80. The van der Waals surface area contributed by atoms with Gasteiger partial charge in [0.05, 0.1) is 18.3 Å². The summed E-state index contributed by atoms with van der Waals surface area (Å²) in [6, 6.07) is 3.72. The molecule has 7 heteroatoms. The van der Waals surface area contributed by atoms with Crippen molar-refractivity contribution in [3.05, 3.63) is 41.0 Å². The van der Waals surface area contributed by atoms with Crippen molar-refractivity contribution >= 4 is 17.6 Å². The van der Waals surface area contributed by atoms with Crippen molar-refractivity contribution < 1.29 is 9.53 Å². The van der Waals surface area contributed by atoms with E-state index in [4.69, 9.17) is 15.5 Å². The molecule has 3 rings (SSSR count). The highest BCUT2D eigenvalue weighted by Crippen LogP contribution is 2.35. The number of anilines is 2. The third-order valence-corrected chi connectivity index (χ3v) is 4.82. The topological polar surface area (TPSA) is 94.2 Å². The molecule has 144 valence electrons. The third-order valence-electron chi connectivity index (χ3n) is 4.82. The molecule has 0 radical (unpaired) electrons. The van der Waals surface area contributed by atoms with E-state index >= 15 is 0 Å². The number of rotatable bonds is 5. The van der Waals surface area contributed by atoms with E-state index in [0.717, 1.165) is 29.9 Å². The van der Waals surface area contributed by atoms with Gasteiger partial charge in [-0.05, 0) is 25.3 Å². The molecule has 0 bridgehead atoms. The second kappa shape index (κ2) is 7.90. The number of carbonyl (C=O) groups excluding carboxylic acids is 1. The van der Waals surface area contributed by atoms with Gasteiger partial charge in [-0.15, -0.1) is 0 Å². The number of carbonyl (C=O) groups is 1. The highest BCUT2D eigenvalue weighted by Gasteiger charge is 2.32. The Morgan fingerprint density at radius 1 is 1.30 bits per heavy atom. The number of hydrogen-bond acceptors (Lipinski definition) is 7. The fraction of sp³-hybridized carbons (Fsp3) is 0.500. The van der Waals surface area contributed by atoms with Crippen LogP contribution in [0.2, 0.25) is 0 Å². The molecule has 0 saturated heterocycles. The molecule has 2 aromatic heterocycles. The molecule has 1 atom stereocenters. The summed E-state index contributed by atoms with van der Waals surface area (Å²) < 4.78 is 5.46. The molecule has 0 amide bonds. The Hall–Kier alpha value is -2.70. The number of nitrogens with two attached hydrogens (primary N) is 1. The lowest BCUT2D eigenvalue weighted by molar-refractivity contribution is 0.0523. The first-order valence-electron chi connectivity index (χ1n) is 9.49. The Morgan fingerprint density at radius 2 is 2.07 bits per heavy atom. The standard InChI is InChI=1S/C20H27N5O2/c1-5-7-15-23-17(12(2)3)16-19(24-15)25(10-11-27-20(16)26)13(4)14-8-6-9-22-18(14)21/h6,8-9,12-13H,5,7,10-11H2,1-4H3,(H2,21,22). The van der Waals surface area contributed by atoms with Crippen LogP contribution in [-0.2, 0) is 11.2 Å². The molecule has 1 unspecified atom stereocenters. The number of pyridine rings is 1. The number of nitrogen functional groups attached to an aromatic ring is 1. The van der Waals surface area contributed by atoms with Crippen molar-refractivity contribution in [1.82, 2.24) is 15.0 Å². The van der Waals surface area contributed by atoms with E-state index in [-0.39, 0.29) is 17.9 Å². The molecule has 0 saturated carbocycles. The monoisotopic (exact) mass is 369 g/mol. The van der Waals surface area contributed by atoms with Gasteiger partial charge in [0, 0.05) is 18.2 Å². The SMILES string of the molecule is CCCc1nc(C(C)C)c2c(n1)N(C(C)c1cccnc1N)CCOC2=O. The Morgan fingerprint density at radius 3 is 2.74 bits per heavy atom. The van der Waals surface area contributed by atoms with Crippen LogP contribution in [0.5, 0.6) is 0 Å². The minimum absolute atomic E-state index is 0.0867. The Balaban J connectivity index is 2.17. The number of ether oxygens (including phenoxy) is 1. The van der Waals surface area contributed by atoms with Gasteiger partial charge in [0.1, 0.15) is 29.6 Å². The van der Waals surface area contributed by atoms with Crippen LogP contribution in [0, 0.1) is 0 Å². The number of hydrogen-bond donors (Lipinski definition) is 1. The summed E-state index contributed by atoms with van der Waals surface area (Å²) in [5, 5.41) is 0. The first-order valence-corrected chi connectivity index (χ1v) is 9.49. The molecule has 3 heterocycles. The van der Waals surface area contributed by atoms with E-state index < -0.39 is 0 Å². The maximum atomic E-state index is 12.7. The fourth-order valence-electron chi connectivity index (χ4n) is 3.41. The first-order chi connectivity index (χ1) is 12.9. The number of aromatic nitrogens is 3. The minimum atomic E-state index is -0.356. The van der Waals surface area contributed by atoms with Crippen molar-refractivity contribution in [2.75, 3.05) is 23.8 Å². The van der Waals surface area contributed by atoms with Crippen LogP contribution in [0.15, 0.2) is 18.3 Å². The highest BCUT2D eigenvalue weighted by atomic mass is 16.5. The Bertz CT molecular complexity index is 837. The zero-order valence-corrected chi connectivity index (χ0v) is 16.4. The maximum Gasteiger partial charge on any atom is 0.343 e. The van der Waals surface area contributed by atoms with Crippen LogP contribution in [-0.4, -0.2) is 34.1 Å². The molecule has 0 fully saturated rings. The van der Waals surface area contributed by atoms with Crippen molar-refractivity contribution in [3.63, 3.8) is 0 Å². The second-order valence-electron chi connectivity index (χ2n) is 7.11. The van der Waals surface area contributed by atoms with Crippen molar-refractivity contribution in [1.29, 1.82) is 0 Å². The Kier molecular flexibility index (Phi) is 5.58. The molecular formula is C20H27N5O2. The molecule has 0 aliphatic carbocycles. The van der Waals surface area contributed by atoms with E-state index in [2.05, 4.69) is 21.8 Å². The summed E-state index contributed by atoms with van der Waals surface area (Å²) in [4.78, 5) is 28.4. The number of fused-ring (bicyclic) bond motifs is 1. The summed E-state index contributed by atoms with van der Waals surface area (Å²) in [6.45, 7) is 9.03. The van der Waals surface area contributed by atoms with Crippen LogP contribution in [0.3, 0.4) is 0 Å². The predicted molar refractivity (Wildman–Crippen MR) is 105 cm³/mol. The van der Waals surface area contributed by atoms with Crippen molar-refractivity contribution in [2.45, 2.75) is 52.5 Å². The zero-order valence-electron chi connectivity index (χ0n) is 16.4. The number of aryl methyl sites for hydroxylation is 1. The Labute approximate surface area is 160 Å². The minimum Gasteiger partial charge on any atom is -0.460 e. The molecule has 1 aliphatic rings. The van der Waals surface area contributed by atoms with E-state index in [1.165, 1.54) is 0 Å². The molecule has 0 aromatic carbocycles. The third kappa shape index (κ3) is 3.72. The van der Waals surface area contributed by atoms with Gasteiger partial charge in [-0.25, -0.2) is 19.7 Å². The number of nitrogens with zero attached hydrogens (tertiary/aromatic N) is 4. The number of cyclic esters (lactones) is 1. The highest BCUT2D eigenvalue weighted by molar-refractivity contribution is 5.97. The van der Waals surface area contributed by atoms with Gasteiger partial charge in [-0.3, -0.25) is 0 Å². The number of esters is 1. The first kappa shape index (κ1) is 19.1. The zero-order chi connectivity index (χ0) is 19.6. The van der Waals surface area contributed by atoms with Gasteiger partial charge in [0.25, 0.3) is 0 Å². The van der Waals surface area contributed by atoms with Gasteiger partial charge >= 0.3 is 5.97 Å². The molecule has 2 N–H and O–H groups in total. The van der Waals surface area contributed by atoms with Gasteiger partial charge in [0.2, 0.25) is 0 Å². The van der Waals surface area contributed by atoms with Crippen LogP contribution < -0.4 is 10.6 Å². The summed E-state index contributed by atoms with van der Waals surface area (Å²) in [5.74, 6) is 1.60. The maximum absolute atomic E-state index is 12.7. The van der Waals surface area contributed by atoms with Crippen LogP contribution in [0.25, 0.3) is 0 Å². The second-order valence-corrected chi connectivity index (χ2v) is 7.11. The van der Waals surface area contributed by atoms with E-state index in [1.54, 1.807) is 6.20 Å². The quantitative estimate of drug-likeness (QED) is 0.808. The van der Waals surface area contributed by atoms with Gasteiger partial charge in [0.15, 0.2) is 0 Å². The summed E-state index contributed by atoms with van der Waals surface area (Å²) >= 11 is 0. The average molecular weight is 369 g/mol. The van der Waals surface area contributed by atoms with Crippen molar-refractivity contribution in [2.24, 2.45) is 0 Å². The van der Waals surface area contributed by atoms with Crippen LogP contribution in [0.4, 0.5) is 11.6 Å². The predicted octanol–water partition coefficient (Wildman–Crippen LogP) is 3.27. The van der Waals surface area contributed by atoms with Gasteiger partial charge < -0.3 is 15.4 Å². The van der Waals surface area contributed by atoms with E-state index in [1.807, 2.05) is 32.9 Å². The smallest absolute Gasteiger partial charge is 0.343 e. The largest absolute Gasteiger partial charge is 0.460 e. The van der Waals surface area contributed by atoms with Crippen LogP contribution >= 0.6 is 0 Å². The molecule has 0 spiro atoms. The van der Waals surface area contributed by atoms with Gasteiger partial charge in [-0.2, -0.15) is 0 Å². The van der Waals surface area contributed by atoms with E-state index in [9.17, 15) is 4.79 Å². The van der Waals surface area contributed by atoms with Crippen LogP contribution in [0.1, 0.15) is 73.5 Å². The normalized spacial score (nSPS) is 15.3. The summed E-state index contributed by atoms with van der Waals surface area (Å²) in [5.41, 5.74) is 8.22. The molecule has 27 heavy (non-hydrogen) atoms. The lowest BCUT2D eigenvalue weighted by Gasteiger charge is -2.31. The molecule has 1 aliphatic heterocycles. The van der Waals surface area contributed by atoms with Gasteiger partial charge in [-0.1, -0.05) is 26.8 Å². The summed E-state index contributed by atoms with van der Waals surface area (Å²) in [7, 11) is 0. The lowest BCUT2D eigenvalue weighted by atomic mass is 10.0. The summed E-state index contributed by atoms with van der Waals surface area (Å²) in [6.07, 6.45) is 3.37. The van der Waals surface area contributed by atoms with Crippen molar-refractivity contribution in [3.8, 4) is 0 Å². The fourth-order valence-corrected chi connectivity index (χ4v) is 3.41.